The van der Waals surface area contributed by atoms with Crippen LogP contribution in [0.1, 0.15) is 26.3 Å². The number of halogens is 2. The van der Waals surface area contributed by atoms with E-state index in [1.54, 1.807) is 0 Å². The van der Waals surface area contributed by atoms with Crippen molar-refractivity contribution in [1.82, 2.24) is 5.32 Å². The van der Waals surface area contributed by atoms with Crippen molar-refractivity contribution < 1.29 is 19.1 Å². The first kappa shape index (κ1) is 18.3. The van der Waals surface area contributed by atoms with Gasteiger partial charge >= 0.3 is 5.97 Å². The molecule has 0 aliphatic carbocycles. The average Bonchev–Trinajstić information content (AvgIpc) is 2.32. The lowest BCUT2D eigenvalue weighted by Crippen LogP contribution is -2.40. The molecule has 7 heteroatoms. The summed E-state index contributed by atoms with van der Waals surface area (Å²) in [6.07, 6.45) is 0.404. The lowest BCUT2D eigenvalue weighted by molar-refractivity contribution is -0.132. The van der Waals surface area contributed by atoms with Gasteiger partial charge in [-0.1, -0.05) is 0 Å². The third-order valence-corrected chi connectivity index (χ3v) is 4.21. The van der Waals surface area contributed by atoms with Gasteiger partial charge in [-0.25, -0.2) is 0 Å². The van der Waals surface area contributed by atoms with E-state index in [2.05, 4.69) is 50.5 Å². The van der Waals surface area contributed by atoms with Gasteiger partial charge in [0.05, 0.1) is 13.2 Å². The highest BCUT2D eigenvalue weighted by molar-refractivity contribution is 14.1. The number of rotatable bonds is 5. The Morgan fingerprint density at radius 2 is 1.67 bits per heavy atom. The predicted molar refractivity (Wildman–Crippen MR) is 95.2 cm³/mol. The van der Waals surface area contributed by atoms with Gasteiger partial charge in [-0.3, -0.25) is 14.4 Å². The number of ether oxygens (including phenoxy) is 1. The molecule has 0 heterocycles. The number of hydrogen-bond donors (Lipinski definition) is 1. The first-order valence-corrected chi connectivity index (χ1v) is 8.30. The summed E-state index contributed by atoms with van der Waals surface area (Å²) in [7, 11) is 0. The van der Waals surface area contributed by atoms with Crippen molar-refractivity contribution in [2.24, 2.45) is 0 Å². The number of carbonyl (C=O) groups excluding carboxylic acids is 3. The van der Waals surface area contributed by atoms with Gasteiger partial charge in [-0.2, -0.15) is 0 Å². The Kier molecular flexibility index (Phi) is 7.04. The number of hydrogen-bond acceptors (Lipinski definition) is 4. The number of esters is 1. The quantitative estimate of drug-likeness (QED) is 0.372. The lowest BCUT2D eigenvalue weighted by atomic mass is 10.0. The second-order valence-corrected chi connectivity index (χ2v) is 6.87. The summed E-state index contributed by atoms with van der Waals surface area (Å²) in [5, 5.41) is 2.63. The molecule has 0 saturated carbocycles. The molecule has 0 aliphatic rings. The van der Waals surface area contributed by atoms with Crippen LogP contribution in [0.2, 0.25) is 0 Å². The third-order valence-electron chi connectivity index (χ3n) is 2.61. The highest BCUT2D eigenvalue weighted by Crippen LogP contribution is 2.29. The van der Waals surface area contributed by atoms with E-state index in [1.165, 1.54) is 20.8 Å². The molecular weight excluding hydrogens is 500 g/mol. The molecule has 0 radical (unpaired) electrons. The zero-order valence-corrected chi connectivity index (χ0v) is 16.1. The van der Waals surface area contributed by atoms with Gasteiger partial charge in [0.15, 0.2) is 11.5 Å². The summed E-state index contributed by atoms with van der Waals surface area (Å²) in [5.41, 5.74) is 0.897. The van der Waals surface area contributed by atoms with E-state index in [1.807, 2.05) is 12.1 Å². The molecule has 0 fully saturated rings. The minimum absolute atomic E-state index is 0.0979. The van der Waals surface area contributed by atoms with Gasteiger partial charge < -0.3 is 10.1 Å². The summed E-state index contributed by atoms with van der Waals surface area (Å²) < 4.78 is 6.73. The Bertz CT molecular complexity index is 563. The van der Waals surface area contributed by atoms with Gasteiger partial charge in [0.1, 0.15) is 0 Å². The van der Waals surface area contributed by atoms with Crippen LogP contribution in [0, 0.1) is 7.14 Å². The van der Waals surface area contributed by atoms with Crippen molar-refractivity contribution >= 4 is 62.8 Å². The molecule has 0 aliphatic heterocycles. The molecule has 0 bridgehead atoms. The highest BCUT2D eigenvalue weighted by atomic mass is 127. The summed E-state index contributed by atoms with van der Waals surface area (Å²) in [5.74, 6) is -0.194. The molecule has 1 N–H and O–H groups in total. The summed E-state index contributed by atoms with van der Waals surface area (Å²) in [6, 6.07) is 3.14. The van der Waals surface area contributed by atoms with Gasteiger partial charge in [-0.15, -0.1) is 0 Å². The molecule has 1 aromatic carbocycles. The molecule has 1 rings (SSSR count). The van der Waals surface area contributed by atoms with Crippen molar-refractivity contribution in [3.8, 4) is 5.75 Å². The van der Waals surface area contributed by atoms with Crippen LogP contribution in [-0.4, -0.2) is 23.7 Å². The van der Waals surface area contributed by atoms with Crippen LogP contribution in [0.5, 0.6) is 5.75 Å². The topological polar surface area (TPSA) is 72.5 Å². The zero-order valence-electron chi connectivity index (χ0n) is 11.8. The maximum atomic E-state index is 11.6. The van der Waals surface area contributed by atoms with Gasteiger partial charge in [-0.05, 0) is 76.2 Å². The zero-order chi connectivity index (χ0) is 16.2. The van der Waals surface area contributed by atoms with Crippen LogP contribution in [0.15, 0.2) is 12.1 Å². The molecule has 0 spiro atoms. The molecule has 114 valence electrons. The average molecular weight is 515 g/mol. The molecule has 1 amide bonds. The van der Waals surface area contributed by atoms with Crippen LogP contribution in [0.25, 0.3) is 0 Å². The van der Waals surface area contributed by atoms with Gasteiger partial charge in [0, 0.05) is 13.8 Å². The molecule has 0 saturated heterocycles. The van der Waals surface area contributed by atoms with Crippen LogP contribution in [-0.2, 0) is 20.8 Å². The molecule has 0 aromatic heterocycles. The van der Waals surface area contributed by atoms with E-state index in [9.17, 15) is 14.4 Å². The minimum atomic E-state index is -0.548. The second kappa shape index (κ2) is 8.06. The predicted octanol–water partition coefficient (Wildman–Crippen LogP) is 2.46. The van der Waals surface area contributed by atoms with E-state index in [0.717, 1.165) is 12.7 Å². The Hall–Kier alpha value is -0.710. The first-order chi connectivity index (χ1) is 9.70. The standard InChI is InChI=1S/C14H15I2NO4/c1-7(18)13(17-8(2)19)6-10-4-11(15)14(12(16)5-10)21-9(3)20/h4-5,13H,6H2,1-3H3,(H,17,19). The second-order valence-electron chi connectivity index (χ2n) is 4.55. The van der Waals surface area contributed by atoms with E-state index in [4.69, 9.17) is 4.74 Å². The SMILES string of the molecule is CC(=O)NC(Cc1cc(I)c(OC(C)=O)c(I)c1)C(C)=O. The van der Waals surface area contributed by atoms with Crippen LogP contribution in [0.4, 0.5) is 0 Å². The van der Waals surface area contributed by atoms with Crippen LogP contribution in [0.3, 0.4) is 0 Å². The van der Waals surface area contributed by atoms with Gasteiger partial charge in [0.25, 0.3) is 0 Å². The number of amides is 1. The van der Waals surface area contributed by atoms with Gasteiger partial charge in [0.2, 0.25) is 5.91 Å². The maximum Gasteiger partial charge on any atom is 0.308 e. The van der Waals surface area contributed by atoms with Crippen LogP contribution >= 0.6 is 45.2 Å². The van der Waals surface area contributed by atoms with Crippen molar-refractivity contribution in [2.45, 2.75) is 33.2 Å². The molecule has 1 unspecified atom stereocenters. The smallest absolute Gasteiger partial charge is 0.308 e. The summed E-state index contributed by atoms with van der Waals surface area (Å²) in [6.45, 7) is 4.18. The van der Waals surface area contributed by atoms with E-state index in [-0.39, 0.29) is 17.7 Å². The Balaban J connectivity index is 3.01. The van der Waals surface area contributed by atoms with Crippen molar-refractivity contribution in [3.63, 3.8) is 0 Å². The molecule has 21 heavy (non-hydrogen) atoms. The highest BCUT2D eigenvalue weighted by Gasteiger charge is 2.18. The van der Waals surface area contributed by atoms with E-state index < -0.39 is 6.04 Å². The molecule has 1 atom stereocenters. The fourth-order valence-electron chi connectivity index (χ4n) is 1.75. The van der Waals surface area contributed by atoms with Crippen molar-refractivity contribution in [2.75, 3.05) is 0 Å². The van der Waals surface area contributed by atoms with Crippen molar-refractivity contribution in [1.29, 1.82) is 0 Å². The Morgan fingerprint density at radius 3 is 2.05 bits per heavy atom. The van der Waals surface area contributed by atoms with Crippen LogP contribution < -0.4 is 10.1 Å². The monoisotopic (exact) mass is 515 g/mol. The third kappa shape index (κ3) is 5.89. The summed E-state index contributed by atoms with van der Waals surface area (Å²) >= 11 is 4.16. The minimum Gasteiger partial charge on any atom is -0.424 e. The Labute approximate surface area is 150 Å². The van der Waals surface area contributed by atoms with E-state index >= 15 is 0 Å². The first-order valence-electron chi connectivity index (χ1n) is 6.14. The lowest BCUT2D eigenvalue weighted by Gasteiger charge is -2.16. The molecule has 1 aromatic rings. The molecule has 5 nitrogen and oxygen atoms in total. The number of ketones is 1. The number of nitrogens with one attached hydrogen (secondary N) is 1. The normalized spacial score (nSPS) is 11.7. The number of benzene rings is 1. The largest absolute Gasteiger partial charge is 0.424 e. The maximum absolute atomic E-state index is 11.6. The fraction of sp³-hybridized carbons (Fsp3) is 0.357. The van der Waals surface area contributed by atoms with E-state index in [0.29, 0.717) is 12.2 Å². The number of carbonyl (C=O) groups is 3. The van der Waals surface area contributed by atoms with Crippen molar-refractivity contribution in [3.05, 3.63) is 24.8 Å². The Morgan fingerprint density at radius 1 is 1.14 bits per heavy atom. The summed E-state index contributed by atoms with van der Waals surface area (Å²) in [4.78, 5) is 33.8. The molecular formula is C14H15I2NO4. The fourth-order valence-corrected chi connectivity index (χ4v) is 3.87. The number of Topliss-reactive ketones (excluding diaryl/α,β-unsaturated/α-hetero) is 1.